The van der Waals surface area contributed by atoms with Crippen LogP contribution in [0.2, 0.25) is 0 Å². The van der Waals surface area contributed by atoms with Gasteiger partial charge in [0, 0.05) is 18.3 Å². The number of carbonyl (C=O) groups is 5. The van der Waals surface area contributed by atoms with Crippen LogP contribution in [0.3, 0.4) is 0 Å². The molecule has 0 aromatic carbocycles. The summed E-state index contributed by atoms with van der Waals surface area (Å²) in [5.41, 5.74) is 10.9. The molecule has 33 heavy (non-hydrogen) atoms. The fourth-order valence-electron chi connectivity index (χ4n) is 2.70. The molecule has 15 nitrogen and oxygen atoms in total. The van der Waals surface area contributed by atoms with Crippen LogP contribution in [0.4, 0.5) is 0 Å². The van der Waals surface area contributed by atoms with E-state index in [1.807, 2.05) is 0 Å². The number of hydrogen-bond donors (Lipinski definition) is 9. The molecule has 0 aliphatic rings. The van der Waals surface area contributed by atoms with Crippen molar-refractivity contribution in [3.05, 3.63) is 18.2 Å². The van der Waals surface area contributed by atoms with Crippen LogP contribution in [0, 0.1) is 0 Å². The average molecular weight is 471 g/mol. The van der Waals surface area contributed by atoms with Crippen molar-refractivity contribution >= 4 is 29.6 Å². The van der Waals surface area contributed by atoms with Gasteiger partial charge in [-0.1, -0.05) is 0 Å². The molecule has 0 saturated heterocycles. The molecule has 1 heterocycles. The molecule has 0 aliphatic heterocycles. The third-order valence-corrected chi connectivity index (χ3v) is 4.48. The summed E-state index contributed by atoms with van der Waals surface area (Å²) in [5.74, 6) is -5.23. The van der Waals surface area contributed by atoms with Crippen LogP contribution in [-0.2, 0) is 30.4 Å². The first-order valence-electron chi connectivity index (χ1n) is 9.84. The van der Waals surface area contributed by atoms with Gasteiger partial charge in [-0.3, -0.25) is 19.2 Å². The molecule has 1 aromatic rings. The van der Waals surface area contributed by atoms with E-state index in [0.29, 0.717) is 5.69 Å². The van der Waals surface area contributed by atoms with E-state index in [1.165, 1.54) is 19.4 Å². The number of hydrogen-bond acceptors (Lipinski definition) is 9. The van der Waals surface area contributed by atoms with Crippen molar-refractivity contribution in [2.24, 2.45) is 11.5 Å². The number of imidazole rings is 1. The maximum absolute atomic E-state index is 12.8. The number of carbonyl (C=O) groups excluding carboxylic acids is 4. The summed E-state index contributed by atoms with van der Waals surface area (Å²) in [6.45, 7) is 2.36. The molecule has 4 amide bonds. The number of aliphatic carboxylic acids is 1. The Morgan fingerprint density at radius 1 is 1.00 bits per heavy atom. The minimum Gasteiger partial charge on any atom is -0.480 e. The Hall–Kier alpha value is -3.56. The molecule has 184 valence electrons. The van der Waals surface area contributed by atoms with Crippen molar-refractivity contribution in [3.63, 3.8) is 0 Å². The summed E-state index contributed by atoms with van der Waals surface area (Å²) in [6, 6.07) is -5.97. The number of carboxylic acids is 1. The summed E-state index contributed by atoms with van der Waals surface area (Å²) in [7, 11) is 0. The quantitative estimate of drug-likeness (QED) is 0.133. The van der Waals surface area contributed by atoms with Gasteiger partial charge >= 0.3 is 5.97 Å². The zero-order valence-electron chi connectivity index (χ0n) is 18.0. The minimum atomic E-state index is -1.65. The highest BCUT2D eigenvalue weighted by Crippen LogP contribution is 2.04. The predicted octanol–water partition coefficient (Wildman–Crippen LogP) is -4.54. The van der Waals surface area contributed by atoms with Crippen LogP contribution < -0.4 is 27.4 Å². The summed E-state index contributed by atoms with van der Waals surface area (Å²) in [5, 5.41) is 35.4. The average Bonchev–Trinajstić information content (AvgIpc) is 3.20. The van der Waals surface area contributed by atoms with Crippen LogP contribution in [-0.4, -0.2) is 91.3 Å². The van der Waals surface area contributed by atoms with Crippen molar-refractivity contribution in [2.45, 2.75) is 63.1 Å². The predicted molar refractivity (Wildman–Crippen MR) is 111 cm³/mol. The van der Waals surface area contributed by atoms with Gasteiger partial charge in [-0.25, -0.2) is 9.78 Å². The van der Waals surface area contributed by atoms with Gasteiger partial charge in [0.1, 0.15) is 12.1 Å². The Balaban J connectivity index is 3.03. The van der Waals surface area contributed by atoms with Crippen molar-refractivity contribution in [3.8, 4) is 0 Å². The Morgan fingerprint density at radius 3 is 2.03 bits per heavy atom. The lowest BCUT2D eigenvalue weighted by Crippen LogP contribution is -2.61. The molecule has 0 spiro atoms. The van der Waals surface area contributed by atoms with Crippen molar-refractivity contribution in [1.82, 2.24) is 25.9 Å². The van der Waals surface area contributed by atoms with Gasteiger partial charge in [0.2, 0.25) is 23.6 Å². The van der Waals surface area contributed by atoms with Gasteiger partial charge in [0.15, 0.2) is 6.04 Å². The molecule has 0 saturated carbocycles. The van der Waals surface area contributed by atoms with Gasteiger partial charge in [-0.2, -0.15) is 0 Å². The van der Waals surface area contributed by atoms with Gasteiger partial charge in [-0.05, 0) is 13.8 Å². The third-order valence-electron chi connectivity index (χ3n) is 4.48. The normalized spacial score (nSPS) is 16.4. The van der Waals surface area contributed by atoms with Crippen LogP contribution in [0.1, 0.15) is 26.0 Å². The fourth-order valence-corrected chi connectivity index (χ4v) is 2.70. The highest BCUT2D eigenvalue weighted by Gasteiger charge is 2.33. The number of primary amides is 1. The van der Waals surface area contributed by atoms with E-state index in [4.69, 9.17) is 11.5 Å². The van der Waals surface area contributed by atoms with Gasteiger partial charge < -0.3 is 47.7 Å². The standard InChI is InChI=1S/C18H29N7O8/c1-7(26)13(24-15(29)10(19)4-12(20)28)17(31)23-11(3-9-5-21-6-22-9)16(30)25-14(8(2)27)18(32)33/h5-8,10-11,13-14,26-27H,3-4,19H2,1-2H3,(H2,20,28)(H,21,22)(H,23,31)(H,24,29)(H,25,30)(H,32,33). The van der Waals surface area contributed by atoms with Crippen molar-refractivity contribution in [2.75, 3.05) is 0 Å². The fraction of sp³-hybridized carbons (Fsp3) is 0.556. The van der Waals surface area contributed by atoms with E-state index >= 15 is 0 Å². The minimum absolute atomic E-state index is 0.161. The first kappa shape index (κ1) is 27.5. The zero-order chi connectivity index (χ0) is 25.3. The maximum Gasteiger partial charge on any atom is 0.328 e. The van der Waals surface area contributed by atoms with E-state index in [2.05, 4.69) is 25.9 Å². The lowest BCUT2D eigenvalue weighted by atomic mass is 10.1. The third kappa shape index (κ3) is 8.83. The summed E-state index contributed by atoms with van der Waals surface area (Å²) in [4.78, 5) is 66.4. The van der Waals surface area contributed by atoms with E-state index in [9.17, 15) is 39.3 Å². The lowest BCUT2D eigenvalue weighted by Gasteiger charge is -2.26. The smallest absolute Gasteiger partial charge is 0.328 e. The van der Waals surface area contributed by atoms with Crippen LogP contribution in [0.15, 0.2) is 12.5 Å². The Kier molecular flexibility index (Phi) is 10.4. The van der Waals surface area contributed by atoms with Crippen LogP contribution >= 0.6 is 0 Å². The number of rotatable bonds is 13. The molecule has 6 unspecified atom stereocenters. The number of H-pyrrole nitrogens is 1. The Labute approximate surface area is 188 Å². The molecule has 0 fully saturated rings. The van der Waals surface area contributed by atoms with Crippen molar-refractivity contribution < 1.29 is 39.3 Å². The second kappa shape index (κ2) is 12.5. The molecular formula is C18H29N7O8. The van der Waals surface area contributed by atoms with Gasteiger partial charge in [-0.15, -0.1) is 0 Å². The number of aliphatic hydroxyl groups is 2. The van der Waals surface area contributed by atoms with E-state index < -0.39 is 72.4 Å². The maximum atomic E-state index is 12.8. The SMILES string of the molecule is CC(O)C(NC(=O)C(Cc1cnc[nH]1)NC(=O)C(NC(=O)C(N)CC(N)=O)C(C)O)C(=O)O. The number of aromatic nitrogens is 2. The summed E-state index contributed by atoms with van der Waals surface area (Å²) in [6.07, 6.45) is -0.847. The van der Waals surface area contributed by atoms with Crippen LogP contribution in [0.5, 0.6) is 0 Å². The Bertz CT molecular complexity index is 843. The number of nitrogens with two attached hydrogens (primary N) is 2. The number of nitrogens with one attached hydrogen (secondary N) is 4. The van der Waals surface area contributed by atoms with Crippen LogP contribution in [0.25, 0.3) is 0 Å². The molecule has 1 rings (SSSR count). The number of amides is 4. The first-order valence-corrected chi connectivity index (χ1v) is 9.84. The molecule has 11 N–H and O–H groups in total. The van der Waals surface area contributed by atoms with Crippen molar-refractivity contribution in [1.29, 1.82) is 0 Å². The largest absolute Gasteiger partial charge is 0.480 e. The molecule has 0 aliphatic carbocycles. The Morgan fingerprint density at radius 2 is 1.58 bits per heavy atom. The molecule has 0 radical (unpaired) electrons. The molecule has 6 atom stereocenters. The number of aliphatic hydroxyl groups excluding tert-OH is 2. The summed E-state index contributed by atoms with van der Waals surface area (Å²) < 4.78 is 0. The molecule has 15 heteroatoms. The van der Waals surface area contributed by atoms with Gasteiger partial charge in [0.05, 0.1) is 31.0 Å². The number of nitrogens with zero attached hydrogens (tertiary/aromatic N) is 1. The van der Waals surface area contributed by atoms with E-state index in [-0.39, 0.29) is 6.42 Å². The highest BCUT2D eigenvalue weighted by molar-refractivity contribution is 5.95. The topological polar surface area (TPSA) is 263 Å². The zero-order valence-corrected chi connectivity index (χ0v) is 18.0. The summed E-state index contributed by atoms with van der Waals surface area (Å²) >= 11 is 0. The molecule has 1 aromatic heterocycles. The van der Waals surface area contributed by atoms with Gasteiger partial charge in [0.25, 0.3) is 0 Å². The second-order valence-electron chi connectivity index (χ2n) is 7.41. The number of carboxylic acid groups (broad SMARTS) is 1. The molecular weight excluding hydrogens is 442 g/mol. The number of aromatic amines is 1. The monoisotopic (exact) mass is 471 g/mol. The van der Waals surface area contributed by atoms with E-state index in [1.54, 1.807) is 0 Å². The highest BCUT2D eigenvalue weighted by atomic mass is 16.4. The van der Waals surface area contributed by atoms with E-state index in [0.717, 1.165) is 6.92 Å². The lowest BCUT2D eigenvalue weighted by molar-refractivity contribution is -0.145. The molecule has 0 bridgehead atoms. The first-order chi connectivity index (χ1) is 15.3. The second-order valence-corrected chi connectivity index (χ2v) is 7.41.